The van der Waals surface area contributed by atoms with Crippen molar-refractivity contribution in [2.75, 3.05) is 0 Å². The van der Waals surface area contributed by atoms with Crippen LogP contribution in [0.25, 0.3) is 21.8 Å². The summed E-state index contributed by atoms with van der Waals surface area (Å²) >= 11 is 3.71. The molecule has 2 heterocycles. The van der Waals surface area contributed by atoms with E-state index < -0.39 is 27.8 Å². The number of rotatable bonds is 6. The fraction of sp³-hybridized carbons (Fsp3) is 0.318. The molecule has 0 spiro atoms. The standard InChI is InChI=1S/C44H49BrN2O4Si2/c1-41(2,3)52(7,8)50-37-23-21-31(29-15-13-25-46-39(29)37)43(48)33-17-11-12-18-34(33)44(49,36-27-28(45)19-20-35(36)43)32-22-24-38(40-30(32)16-14-26-47-40)51-53(9,10)42(4,5)6/h11-27,48-49H,1-10H3. The summed E-state index contributed by atoms with van der Waals surface area (Å²) < 4.78 is 14.5. The molecule has 2 N–H and O–H groups in total. The van der Waals surface area contributed by atoms with Crippen molar-refractivity contribution in [2.24, 2.45) is 0 Å². The average Bonchev–Trinajstić information content (AvgIpc) is 3.09. The van der Waals surface area contributed by atoms with Crippen molar-refractivity contribution >= 4 is 54.4 Å². The zero-order chi connectivity index (χ0) is 38.4. The van der Waals surface area contributed by atoms with Gasteiger partial charge in [-0.15, -0.1) is 0 Å². The van der Waals surface area contributed by atoms with E-state index in [1.54, 1.807) is 12.4 Å². The number of aliphatic hydroxyl groups is 2. The zero-order valence-corrected chi connectivity index (χ0v) is 35.9. The summed E-state index contributed by atoms with van der Waals surface area (Å²) in [6.07, 6.45) is 3.54. The highest BCUT2D eigenvalue weighted by molar-refractivity contribution is 9.10. The van der Waals surface area contributed by atoms with Crippen molar-refractivity contribution in [1.29, 1.82) is 0 Å². The maximum absolute atomic E-state index is 13.5. The summed E-state index contributed by atoms with van der Waals surface area (Å²) in [6.45, 7) is 22.2. The van der Waals surface area contributed by atoms with E-state index in [1.807, 2.05) is 91.0 Å². The van der Waals surface area contributed by atoms with Crippen molar-refractivity contribution in [2.45, 2.75) is 89.0 Å². The van der Waals surface area contributed by atoms with Gasteiger partial charge in [-0.05, 0) is 89.4 Å². The third-order valence-corrected chi connectivity index (χ3v) is 21.2. The Kier molecular flexibility index (Phi) is 8.90. The quantitative estimate of drug-likeness (QED) is 0.163. The Labute approximate surface area is 323 Å². The zero-order valence-electron chi connectivity index (χ0n) is 32.3. The Balaban J connectivity index is 1.49. The lowest BCUT2D eigenvalue weighted by Crippen LogP contribution is -2.45. The van der Waals surface area contributed by atoms with Crippen molar-refractivity contribution in [3.8, 4) is 11.5 Å². The van der Waals surface area contributed by atoms with E-state index in [4.69, 9.17) is 18.8 Å². The lowest BCUT2D eigenvalue weighted by Gasteiger charge is -2.46. The van der Waals surface area contributed by atoms with Crippen LogP contribution in [0.15, 0.2) is 108 Å². The van der Waals surface area contributed by atoms with Crippen LogP contribution in [-0.2, 0) is 11.2 Å². The molecule has 0 bridgehead atoms. The summed E-state index contributed by atoms with van der Waals surface area (Å²) in [6, 6.07) is 29.0. The lowest BCUT2D eigenvalue weighted by atomic mass is 9.63. The highest BCUT2D eigenvalue weighted by Gasteiger charge is 2.52. The third kappa shape index (κ3) is 5.87. The first-order chi connectivity index (χ1) is 24.7. The maximum Gasteiger partial charge on any atom is 0.250 e. The molecule has 0 saturated carbocycles. The minimum absolute atomic E-state index is 0.0151. The van der Waals surface area contributed by atoms with Crippen LogP contribution in [0.2, 0.25) is 36.3 Å². The molecule has 4 aromatic carbocycles. The molecule has 0 radical (unpaired) electrons. The molecule has 1 aliphatic rings. The summed E-state index contributed by atoms with van der Waals surface area (Å²) in [5.74, 6) is 1.41. The van der Waals surface area contributed by atoms with E-state index >= 15 is 0 Å². The Bertz CT molecular complexity index is 2400. The number of pyridine rings is 2. The molecular weight excluding hydrogens is 757 g/mol. The predicted octanol–water partition coefficient (Wildman–Crippen LogP) is 11.2. The molecular formula is C44H49BrN2O4Si2. The van der Waals surface area contributed by atoms with Gasteiger partial charge in [-0.2, -0.15) is 0 Å². The van der Waals surface area contributed by atoms with E-state index in [1.165, 1.54) is 0 Å². The van der Waals surface area contributed by atoms with E-state index in [0.29, 0.717) is 55.9 Å². The van der Waals surface area contributed by atoms with Crippen LogP contribution in [0.5, 0.6) is 11.5 Å². The number of fused-ring (bicyclic) bond motifs is 4. The topological polar surface area (TPSA) is 84.7 Å². The lowest BCUT2D eigenvalue weighted by molar-refractivity contribution is 0.0762. The molecule has 9 heteroatoms. The normalized spacial score (nSPS) is 19.2. The Morgan fingerprint density at radius 2 is 0.925 bits per heavy atom. The maximum atomic E-state index is 13.5. The van der Waals surface area contributed by atoms with Crippen LogP contribution in [0, 0.1) is 0 Å². The van der Waals surface area contributed by atoms with Gasteiger partial charge in [0.25, 0.3) is 16.6 Å². The molecule has 274 valence electrons. The molecule has 0 amide bonds. The molecule has 0 aliphatic heterocycles. The molecule has 53 heavy (non-hydrogen) atoms. The van der Waals surface area contributed by atoms with Crippen molar-refractivity contribution in [3.05, 3.63) is 141 Å². The first-order valence-corrected chi connectivity index (χ1v) is 24.8. The van der Waals surface area contributed by atoms with Gasteiger partial charge in [0.05, 0.1) is 0 Å². The van der Waals surface area contributed by atoms with Crippen molar-refractivity contribution in [3.63, 3.8) is 0 Å². The van der Waals surface area contributed by atoms with Gasteiger partial charge in [0.2, 0.25) is 0 Å². The number of halogens is 1. The van der Waals surface area contributed by atoms with Crippen LogP contribution in [0.4, 0.5) is 0 Å². The minimum Gasteiger partial charge on any atom is -0.542 e. The smallest absolute Gasteiger partial charge is 0.250 e. The number of benzene rings is 4. The number of aromatic nitrogens is 2. The monoisotopic (exact) mass is 804 g/mol. The molecule has 2 aromatic heterocycles. The largest absolute Gasteiger partial charge is 0.542 e. The number of nitrogens with zero attached hydrogens (tertiary/aromatic N) is 2. The molecule has 2 atom stereocenters. The van der Waals surface area contributed by atoms with E-state index in [9.17, 15) is 10.2 Å². The van der Waals surface area contributed by atoms with Crippen LogP contribution >= 0.6 is 15.9 Å². The Morgan fingerprint density at radius 3 is 1.36 bits per heavy atom. The van der Waals surface area contributed by atoms with Gasteiger partial charge in [-0.25, -0.2) is 0 Å². The highest BCUT2D eigenvalue weighted by atomic mass is 79.9. The van der Waals surface area contributed by atoms with Crippen LogP contribution in [-0.4, -0.2) is 36.8 Å². The van der Waals surface area contributed by atoms with Gasteiger partial charge in [0, 0.05) is 44.3 Å². The fourth-order valence-corrected chi connectivity index (χ4v) is 9.46. The third-order valence-electron chi connectivity index (χ3n) is 12.1. The second-order valence-corrected chi connectivity index (χ2v) is 27.8. The van der Waals surface area contributed by atoms with Gasteiger partial charge in [-0.1, -0.05) is 112 Å². The van der Waals surface area contributed by atoms with Crippen LogP contribution in [0.3, 0.4) is 0 Å². The van der Waals surface area contributed by atoms with Crippen LogP contribution in [0.1, 0.15) is 74.9 Å². The average molecular weight is 806 g/mol. The predicted molar refractivity (Wildman–Crippen MR) is 224 cm³/mol. The molecule has 2 unspecified atom stereocenters. The van der Waals surface area contributed by atoms with E-state index in [-0.39, 0.29) is 10.1 Å². The molecule has 6 aromatic rings. The first kappa shape index (κ1) is 37.4. The van der Waals surface area contributed by atoms with Gasteiger partial charge in [-0.3, -0.25) is 9.97 Å². The van der Waals surface area contributed by atoms with Gasteiger partial charge >= 0.3 is 0 Å². The first-order valence-electron chi connectivity index (χ1n) is 18.2. The molecule has 0 saturated heterocycles. The number of hydrogen-bond acceptors (Lipinski definition) is 6. The minimum atomic E-state index is -2.22. The van der Waals surface area contributed by atoms with E-state index in [0.717, 1.165) is 15.2 Å². The second kappa shape index (κ2) is 12.6. The van der Waals surface area contributed by atoms with Gasteiger partial charge in [0.1, 0.15) is 33.7 Å². The second-order valence-electron chi connectivity index (χ2n) is 17.4. The summed E-state index contributed by atoms with van der Waals surface area (Å²) in [4.78, 5) is 9.67. The molecule has 6 nitrogen and oxygen atoms in total. The number of hydrogen-bond donors (Lipinski definition) is 2. The van der Waals surface area contributed by atoms with E-state index in [2.05, 4.69) is 83.7 Å². The molecule has 0 fully saturated rings. The Hall–Kier alpha value is -3.87. The van der Waals surface area contributed by atoms with Crippen LogP contribution < -0.4 is 8.85 Å². The highest BCUT2D eigenvalue weighted by Crippen LogP contribution is 2.56. The fourth-order valence-electron chi connectivity index (χ4n) is 7.06. The Morgan fingerprint density at radius 1 is 0.528 bits per heavy atom. The SMILES string of the molecule is CC(C)(C)[Si](C)(C)Oc1ccc(C2(O)c3ccccc3C(O)(c3ccc(O[Si](C)(C)C(C)(C)C)c4ncccc34)c3cc(Br)ccc32)c2cccnc12. The molecule has 7 rings (SSSR count). The summed E-state index contributed by atoms with van der Waals surface area (Å²) in [5, 5.41) is 28.6. The van der Waals surface area contributed by atoms with Crippen molar-refractivity contribution < 1.29 is 19.1 Å². The molecule has 1 aliphatic carbocycles. The van der Waals surface area contributed by atoms with Gasteiger partial charge < -0.3 is 19.1 Å². The summed E-state index contributed by atoms with van der Waals surface area (Å²) in [7, 11) is -4.44. The summed E-state index contributed by atoms with van der Waals surface area (Å²) in [5.41, 5.74) is 1.66. The van der Waals surface area contributed by atoms with Crippen molar-refractivity contribution in [1.82, 2.24) is 9.97 Å². The van der Waals surface area contributed by atoms with Gasteiger partial charge in [0.15, 0.2) is 0 Å².